The monoisotopic (exact) mass is 967 g/mol. The minimum Gasteiger partial charge on any atom is -0.492 e. The summed E-state index contributed by atoms with van der Waals surface area (Å²) in [6.45, 7) is 9.80. The van der Waals surface area contributed by atoms with Gasteiger partial charge in [0.1, 0.15) is 55.4 Å². The van der Waals surface area contributed by atoms with Crippen LogP contribution in [0.3, 0.4) is 0 Å². The van der Waals surface area contributed by atoms with Crippen molar-refractivity contribution in [2.24, 2.45) is 17.2 Å². The summed E-state index contributed by atoms with van der Waals surface area (Å²) < 4.78 is 12.2. The van der Waals surface area contributed by atoms with Crippen LogP contribution in [0.4, 0.5) is 0 Å². The molecule has 0 spiro atoms. The van der Waals surface area contributed by atoms with Crippen molar-refractivity contribution < 1.29 is 33.4 Å². The Bertz CT molecular complexity index is 2770. The lowest BCUT2D eigenvalue weighted by Gasteiger charge is -2.32. The molecule has 5 aromatic rings. The summed E-state index contributed by atoms with van der Waals surface area (Å²) in [5.41, 5.74) is 22.5. The summed E-state index contributed by atoms with van der Waals surface area (Å²) in [6, 6.07) is 15.0. The molecule has 1 unspecified atom stereocenters. The van der Waals surface area contributed by atoms with E-state index in [1.54, 1.807) is 55.7 Å². The lowest BCUT2D eigenvalue weighted by molar-refractivity contribution is -0.141. The van der Waals surface area contributed by atoms with E-state index in [1.165, 1.54) is 30.6 Å². The molecular formula is C51H61N13O7. The average Bonchev–Trinajstić information content (AvgIpc) is 3.35. The maximum absolute atomic E-state index is 14.7. The second kappa shape index (κ2) is 23.6. The van der Waals surface area contributed by atoms with Crippen LogP contribution in [-0.2, 0) is 31.0 Å². The van der Waals surface area contributed by atoms with E-state index in [0.717, 1.165) is 5.56 Å². The van der Waals surface area contributed by atoms with Gasteiger partial charge in [0.15, 0.2) is 11.6 Å². The zero-order valence-corrected chi connectivity index (χ0v) is 40.7. The van der Waals surface area contributed by atoms with Crippen LogP contribution in [0.2, 0.25) is 0 Å². The van der Waals surface area contributed by atoms with E-state index in [2.05, 4.69) is 74.1 Å². The number of carbonyl (C=O) groups excluding carboxylic acids is 5. The maximum Gasteiger partial charge on any atom is 0.255 e. The first-order chi connectivity index (χ1) is 34.0. The molecule has 6 rings (SSSR count). The van der Waals surface area contributed by atoms with Crippen LogP contribution in [0.5, 0.6) is 11.5 Å². The molecule has 10 N–H and O–H groups in total. The maximum atomic E-state index is 14.7. The highest BCUT2D eigenvalue weighted by atomic mass is 16.5. The molecule has 2 aromatic heterocycles. The number of fused-ring (bicyclic) bond motifs is 5. The number of likely N-dealkylation sites (N-methyl/N-ethyl adjacent to an activating group) is 1. The van der Waals surface area contributed by atoms with Gasteiger partial charge < -0.3 is 52.8 Å². The van der Waals surface area contributed by atoms with Crippen molar-refractivity contribution in [2.75, 3.05) is 46.4 Å². The topological polar surface area (TPSA) is 309 Å². The average molecular weight is 968 g/mol. The summed E-state index contributed by atoms with van der Waals surface area (Å²) in [6.07, 6.45) is 4.54. The number of nitriles is 1. The third-order valence-electron chi connectivity index (χ3n) is 11.8. The normalized spacial score (nSPS) is 16.3. The first kappa shape index (κ1) is 52.5. The molecule has 0 aliphatic carbocycles. The molecule has 1 aliphatic heterocycles. The number of rotatable bonds is 16. The molecule has 0 saturated carbocycles. The predicted molar refractivity (Wildman–Crippen MR) is 265 cm³/mol. The van der Waals surface area contributed by atoms with Gasteiger partial charge in [-0.3, -0.25) is 24.0 Å². The number of hydrogen-bond donors (Lipinski definition) is 7. The standard InChI is InChI=1S/C51H61N13O7/c1-29-38(28-59-45(60-29)34-26-57-44(58-27-34)32-8-11-35(12-9-32)51(3,4)5)47(66)62-39(15-16-52)50(69)64(6)43-33-10-14-42(71-22-19-55)37(25-33)36-23-31(7-13-41(36)70-21-18-54)24-40(48(67)56-20-17-53)63-46(65)30(2)61-49(43)68/h7-14,23,25-28,30,39-40,43H,15-16,18-22,24,52,54-55H2,1-6H3,(H,56,67)(H,61,68)(H,62,66)(H,63,65)/t30-,39?,40-,43-/m0/s1. The third-order valence-corrected chi connectivity index (χ3v) is 11.8. The Kier molecular flexibility index (Phi) is 17.5. The van der Waals surface area contributed by atoms with Crippen molar-refractivity contribution >= 4 is 29.5 Å². The smallest absolute Gasteiger partial charge is 0.255 e. The van der Waals surface area contributed by atoms with Crippen molar-refractivity contribution in [3.8, 4) is 51.5 Å². The second-order valence-electron chi connectivity index (χ2n) is 18.0. The number of aryl methyl sites for hydroxylation is 1. The number of aromatic nitrogens is 4. The molecular weight excluding hydrogens is 907 g/mol. The highest BCUT2D eigenvalue weighted by Crippen LogP contribution is 2.40. The van der Waals surface area contributed by atoms with Gasteiger partial charge in [-0.15, -0.1) is 0 Å². The molecule has 5 amide bonds. The summed E-state index contributed by atoms with van der Waals surface area (Å²) in [5, 5.41) is 19.9. The first-order valence-electron chi connectivity index (χ1n) is 23.2. The fourth-order valence-electron chi connectivity index (χ4n) is 7.91. The van der Waals surface area contributed by atoms with Crippen molar-refractivity contribution in [3.63, 3.8) is 0 Å². The van der Waals surface area contributed by atoms with E-state index in [0.29, 0.717) is 50.8 Å². The van der Waals surface area contributed by atoms with Crippen molar-refractivity contribution in [3.05, 3.63) is 107 Å². The number of benzene rings is 3. The fourth-order valence-corrected chi connectivity index (χ4v) is 7.91. The van der Waals surface area contributed by atoms with Crippen LogP contribution in [-0.4, -0.2) is 119 Å². The highest BCUT2D eigenvalue weighted by molar-refractivity contribution is 6.00. The Balaban J connectivity index is 1.32. The fraction of sp³-hybridized carbons (Fsp3) is 0.373. The van der Waals surface area contributed by atoms with Crippen LogP contribution in [0.1, 0.15) is 72.9 Å². The van der Waals surface area contributed by atoms with E-state index < -0.39 is 53.7 Å². The van der Waals surface area contributed by atoms with Crippen LogP contribution in [0.15, 0.2) is 79.3 Å². The second-order valence-corrected chi connectivity index (χ2v) is 18.0. The summed E-state index contributed by atoms with van der Waals surface area (Å²) >= 11 is 0. The van der Waals surface area contributed by atoms with Crippen LogP contribution < -0.4 is 47.9 Å². The number of nitrogens with one attached hydrogen (secondary N) is 4. The molecule has 372 valence electrons. The van der Waals surface area contributed by atoms with E-state index in [4.69, 9.17) is 26.7 Å². The predicted octanol–water partition coefficient (Wildman–Crippen LogP) is 2.38. The zero-order valence-electron chi connectivity index (χ0n) is 40.7. The number of amides is 5. The van der Waals surface area contributed by atoms with E-state index in [-0.39, 0.29) is 69.0 Å². The van der Waals surface area contributed by atoms with Gasteiger partial charge in [-0.2, -0.15) is 5.26 Å². The van der Waals surface area contributed by atoms with Gasteiger partial charge in [-0.05, 0) is 73.2 Å². The molecule has 20 heteroatoms. The Morgan fingerprint density at radius 2 is 1.48 bits per heavy atom. The SMILES string of the molecule is Cc1nc(-c2cnc(-c3ccc(C(C)(C)C)cc3)nc2)ncc1C(=O)NC(CCN)C(=O)N(C)[C@@H]1C(=O)N[C@@H](C)C(=O)N[C@H](C(=O)NCC#N)Cc2ccc(OCCN)c(c2)-c2cc1ccc2OCCN. The number of carbonyl (C=O) groups is 5. The van der Waals surface area contributed by atoms with Gasteiger partial charge in [-0.25, -0.2) is 19.9 Å². The molecule has 1 aliphatic rings. The minimum absolute atomic E-state index is 0.000991. The summed E-state index contributed by atoms with van der Waals surface area (Å²) in [4.78, 5) is 89.7. The third kappa shape index (κ3) is 12.9. The van der Waals surface area contributed by atoms with Gasteiger partial charge in [0.25, 0.3) is 5.91 Å². The molecule has 4 bridgehead atoms. The Morgan fingerprint density at radius 3 is 2.08 bits per heavy atom. The van der Waals surface area contributed by atoms with E-state index in [1.807, 2.05) is 18.2 Å². The van der Waals surface area contributed by atoms with E-state index >= 15 is 0 Å². The van der Waals surface area contributed by atoms with Crippen molar-refractivity contribution in [1.82, 2.24) is 46.1 Å². The number of nitrogens with two attached hydrogens (primary N) is 3. The van der Waals surface area contributed by atoms with Crippen LogP contribution >= 0.6 is 0 Å². The quantitative estimate of drug-likeness (QED) is 0.0699. The first-order valence-corrected chi connectivity index (χ1v) is 23.2. The molecule has 0 radical (unpaired) electrons. The molecule has 4 atom stereocenters. The van der Waals surface area contributed by atoms with Crippen molar-refractivity contribution in [1.29, 1.82) is 5.26 Å². The lowest BCUT2D eigenvalue weighted by Crippen LogP contribution is -2.56. The number of nitrogens with zero attached hydrogens (tertiary/aromatic N) is 6. The molecule has 3 aromatic carbocycles. The van der Waals surface area contributed by atoms with E-state index in [9.17, 15) is 29.2 Å². The van der Waals surface area contributed by atoms with Gasteiger partial charge in [0, 0.05) is 61.8 Å². The number of ether oxygens (including phenoxy) is 2. The van der Waals surface area contributed by atoms with Gasteiger partial charge in [0.2, 0.25) is 23.6 Å². The Hall–Kier alpha value is -7.86. The highest BCUT2D eigenvalue weighted by Gasteiger charge is 2.36. The van der Waals surface area contributed by atoms with Crippen LogP contribution in [0.25, 0.3) is 33.9 Å². The summed E-state index contributed by atoms with van der Waals surface area (Å²) in [7, 11) is 1.40. The number of hydrogen-bond acceptors (Lipinski definition) is 15. The minimum atomic E-state index is -1.42. The Morgan fingerprint density at radius 1 is 0.845 bits per heavy atom. The largest absolute Gasteiger partial charge is 0.492 e. The Labute approximate surface area is 412 Å². The summed E-state index contributed by atoms with van der Waals surface area (Å²) in [5.74, 6) is -1.89. The van der Waals surface area contributed by atoms with Crippen LogP contribution in [0, 0.1) is 18.3 Å². The molecule has 71 heavy (non-hydrogen) atoms. The lowest BCUT2D eigenvalue weighted by atomic mass is 9.87. The van der Waals surface area contributed by atoms with Gasteiger partial charge >= 0.3 is 0 Å². The van der Waals surface area contributed by atoms with Gasteiger partial charge in [0.05, 0.1) is 22.9 Å². The molecule has 0 fully saturated rings. The molecule has 0 saturated heterocycles. The molecule has 3 heterocycles. The molecule has 20 nitrogen and oxygen atoms in total. The van der Waals surface area contributed by atoms with Crippen molar-refractivity contribution in [2.45, 2.75) is 77.0 Å². The zero-order chi connectivity index (χ0) is 51.4. The van der Waals surface area contributed by atoms with Gasteiger partial charge in [-0.1, -0.05) is 57.2 Å².